The minimum atomic E-state index is 0.00613. The standard InChI is InChI=1S/C16H14BrN3O/c17-12-5-6-14-13(8-12)16(18)20-15(19-14)7-10-3-1-2-4-11(10)9-21/h1-6,8,21H,7,9H2,(H2,18,19,20). The zero-order valence-electron chi connectivity index (χ0n) is 11.3. The number of aromatic nitrogens is 2. The maximum atomic E-state index is 9.38. The van der Waals surface area contributed by atoms with Crippen LogP contribution in [0.15, 0.2) is 46.9 Å². The van der Waals surface area contributed by atoms with Gasteiger partial charge < -0.3 is 10.8 Å². The lowest BCUT2D eigenvalue weighted by Crippen LogP contribution is -2.03. The van der Waals surface area contributed by atoms with Gasteiger partial charge in [0.25, 0.3) is 0 Å². The van der Waals surface area contributed by atoms with Crippen molar-refractivity contribution in [2.45, 2.75) is 13.0 Å². The topological polar surface area (TPSA) is 72.0 Å². The second-order valence-electron chi connectivity index (χ2n) is 4.79. The molecule has 0 aliphatic rings. The van der Waals surface area contributed by atoms with Crippen molar-refractivity contribution in [2.24, 2.45) is 0 Å². The Labute approximate surface area is 130 Å². The van der Waals surface area contributed by atoms with Crippen LogP contribution in [0.5, 0.6) is 0 Å². The van der Waals surface area contributed by atoms with E-state index in [1.165, 1.54) is 0 Å². The molecule has 5 heteroatoms. The van der Waals surface area contributed by atoms with Gasteiger partial charge in [-0.25, -0.2) is 9.97 Å². The van der Waals surface area contributed by atoms with Crippen LogP contribution in [0.3, 0.4) is 0 Å². The highest BCUT2D eigenvalue weighted by Crippen LogP contribution is 2.23. The summed E-state index contributed by atoms with van der Waals surface area (Å²) < 4.78 is 0.948. The Morgan fingerprint density at radius 3 is 2.57 bits per heavy atom. The maximum Gasteiger partial charge on any atom is 0.135 e. The minimum absolute atomic E-state index is 0.00613. The van der Waals surface area contributed by atoms with Crippen molar-refractivity contribution in [3.8, 4) is 0 Å². The zero-order chi connectivity index (χ0) is 14.8. The molecule has 21 heavy (non-hydrogen) atoms. The second-order valence-corrected chi connectivity index (χ2v) is 5.71. The van der Waals surface area contributed by atoms with Gasteiger partial charge in [0.15, 0.2) is 0 Å². The number of aliphatic hydroxyl groups is 1. The largest absolute Gasteiger partial charge is 0.392 e. The third kappa shape index (κ3) is 2.89. The third-order valence-electron chi connectivity index (χ3n) is 3.37. The molecule has 0 atom stereocenters. The molecule has 0 amide bonds. The monoisotopic (exact) mass is 343 g/mol. The summed E-state index contributed by atoms with van der Waals surface area (Å²) in [4.78, 5) is 8.93. The quantitative estimate of drug-likeness (QED) is 0.766. The van der Waals surface area contributed by atoms with E-state index in [0.29, 0.717) is 18.1 Å². The molecule has 3 aromatic rings. The first-order valence-electron chi connectivity index (χ1n) is 6.56. The van der Waals surface area contributed by atoms with E-state index >= 15 is 0 Å². The average molecular weight is 344 g/mol. The molecule has 0 fully saturated rings. The predicted molar refractivity (Wildman–Crippen MR) is 86.8 cm³/mol. The molecule has 2 aromatic carbocycles. The third-order valence-corrected chi connectivity index (χ3v) is 3.86. The molecule has 106 valence electrons. The summed E-state index contributed by atoms with van der Waals surface area (Å²) in [6.45, 7) is 0.00613. The van der Waals surface area contributed by atoms with Crippen molar-refractivity contribution in [3.63, 3.8) is 0 Å². The molecule has 0 radical (unpaired) electrons. The van der Waals surface area contributed by atoms with Gasteiger partial charge in [-0.1, -0.05) is 40.2 Å². The molecule has 0 saturated carbocycles. The molecule has 4 nitrogen and oxygen atoms in total. The van der Waals surface area contributed by atoms with Crippen molar-refractivity contribution < 1.29 is 5.11 Å². The normalized spacial score (nSPS) is 11.0. The lowest BCUT2D eigenvalue weighted by molar-refractivity contribution is 0.281. The average Bonchev–Trinajstić information content (AvgIpc) is 2.49. The van der Waals surface area contributed by atoms with Crippen LogP contribution in [0.2, 0.25) is 0 Å². The number of hydrogen-bond donors (Lipinski definition) is 2. The molecule has 0 aliphatic carbocycles. The van der Waals surface area contributed by atoms with Crippen molar-refractivity contribution >= 4 is 32.7 Å². The minimum Gasteiger partial charge on any atom is -0.392 e. The number of nitrogens with zero attached hydrogens (tertiary/aromatic N) is 2. The summed E-state index contributed by atoms with van der Waals surface area (Å²) in [5.41, 5.74) is 8.75. The van der Waals surface area contributed by atoms with Gasteiger partial charge in [0.2, 0.25) is 0 Å². The maximum absolute atomic E-state index is 9.38. The molecular weight excluding hydrogens is 330 g/mol. The molecule has 0 bridgehead atoms. The molecule has 3 N–H and O–H groups in total. The van der Waals surface area contributed by atoms with Gasteiger partial charge in [-0.2, -0.15) is 0 Å². The van der Waals surface area contributed by atoms with E-state index in [9.17, 15) is 5.11 Å². The molecule has 0 aliphatic heterocycles. The molecule has 3 rings (SSSR count). The summed E-state index contributed by atoms with van der Waals surface area (Å²) in [6, 6.07) is 13.5. The highest BCUT2D eigenvalue weighted by atomic mass is 79.9. The van der Waals surface area contributed by atoms with Crippen LogP contribution in [0, 0.1) is 0 Å². The van der Waals surface area contributed by atoms with Crippen molar-refractivity contribution in [1.29, 1.82) is 0 Å². The lowest BCUT2D eigenvalue weighted by Gasteiger charge is -2.08. The smallest absolute Gasteiger partial charge is 0.135 e. The molecular formula is C16H14BrN3O. The van der Waals surface area contributed by atoms with Crippen LogP contribution in [-0.4, -0.2) is 15.1 Å². The second kappa shape index (κ2) is 5.79. The van der Waals surface area contributed by atoms with Gasteiger partial charge in [0, 0.05) is 16.3 Å². The number of hydrogen-bond acceptors (Lipinski definition) is 4. The zero-order valence-corrected chi connectivity index (χ0v) is 12.8. The van der Waals surface area contributed by atoms with Gasteiger partial charge in [-0.05, 0) is 29.3 Å². The van der Waals surface area contributed by atoms with E-state index in [1.54, 1.807) is 0 Å². The number of aliphatic hydroxyl groups excluding tert-OH is 1. The number of nitrogens with two attached hydrogens (primary N) is 1. The van der Waals surface area contributed by atoms with E-state index < -0.39 is 0 Å². The Morgan fingerprint density at radius 1 is 1.05 bits per heavy atom. The van der Waals surface area contributed by atoms with Crippen LogP contribution in [0.4, 0.5) is 5.82 Å². The first kappa shape index (κ1) is 14.0. The van der Waals surface area contributed by atoms with E-state index in [-0.39, 0.29) is 6.61 Å². The van der Waals surface area contributed by atoms with Gasteiger partial charge in [-0.15, -0.1) is 0 Å². The fraction of sp³-hybridized carbons (Fsp3) is 0.125. The summed E-state index contributed by atoms with van der Waals surface area (Å²) in [5.74, 6) is 1.13. The first-order valence-corrected chi connectivity index (χ1v) is 7.36. The summed E-state index contributed by atoms with van der Waals surface area (Å²) in [7, 11) is 0. The lowest BCUT2D eigenvalue weighted by atomic mass is 10.0. The summed E-state index contributed by atoms with van der Waals surface area (Å²) in [6.07, 6.45) is 0.549. The predicted octanol–water partition coefficient (Wildman–Crippen LogP) is 3.06. The van der Waals surface area contributed by atoms with Gasteiger partial charge in [-0.3, -0.25) is 0 Å². The number of halogens is 1. The van der Waals surface area contributed by atoms with Crippen molar-refractivity contribution in [3.05, 3.63) is 63.9 Å². The molecule has 1 heterocycles. The van der Waals surface area contributed by atoms with Crippen LogP contribution < -0.4 is 5.73 Å². The summed E-state index contributed by atoms with van der Waals surface area (Å²) >= 11 is 3.42. The van der Waals surface area contributed by atoms with Gasteiger partial charge in [0.05, 0.1) is 12.1 Å². The number of anilines is 1. The number of nitrogen functional groups attached to an aromatic ring is 1. The van der Waals surface area contributed by atoms with Gasteiger partial charge >= 0.3 is 0 Å². The molecule has 0 unspecified atom stereocenters. The van der Waals surface area contributed by atoms with Crippen LogP contribution in [-0.2, 0) is 13.0 Å². The fourth-order valence-electron chi connectivity index (χ4n) is 2.31. The Bertz CT molecular complexity index is 805. The van der Waals surface area contributed by atoms with E-state index in [2.05, 4.69) is 25.9 Å². The number of benzene rings is 2. The Kier molecular flexibility index (Phi) is 3.86. The Morgan fingerprint density at radius 2 is 1.81 bits per heavy atom. The highest BCUT2D eigenvalue weighted by molar-refractivity contribution is 9.10. The highest BCUT2D eigenvalue weighted by Gasteiger charge is 2.08. The Hall–Kier alpha value is -1.98. The summed E-state index contributed by atoms with van der Waals surface area (Å²) in [5, 5.41) is 10.2. The molecule has 0 spiro atoms. The van der Waals surface area contributed by atoms with Crippen LogP contribution in [0.25, 0.3) is 10.9 Å². The molecule has 0 saturated heterocycles. The first-order chi connectivity index (χ1) is 10.2. The Balaban J connectivity index is 2.03. The molecule has 1 aromatic heterocycles. The number of rotatable bonds is 3. The van der Waals surface area contributed by atoms with E-state index in [4.69, 9.17) is 5.73 Å². The van der Waals surface area contributed by atoms with Gasteiger partial charge in [0.1, 0.15) is 11.6 Å². The van der Waals surface area contributed by atoms with Crippen LogP contribution >= 0.6 is 15.9 Å². The number of fused-ring (bicyclic) bond motifs is 1. The van der Waals surface area contributed by atoms with Crippen molar-refractivity contribution in [1.82, 2.24) is 9.97 Å². The fourth-order valence-corrected chi connectivity index (χ4v) is 2.67. The SMILES string of the molecule is Nc1nc(Cc2ccccc2CO)nc2ccc(Br)cc12. The van der Waals surface area contributed by atoms with Crippen LogP contribution in [0.1, 0.15) is 17.0 Å². The van der Waals surface area contributed by atoms with Crippen molar-refractivity contribution in [2.75, 3.05) is 5.73 Å². The van der Waals surface area contributed by atoms with E-state index in [1.807, 2.05) is 42.5 Å². The van der Waals surface area contributed by atoms with E-state index in [0.717, 1.165) is 26.5 Å².